The van der Waals surface area contributed by atoms with Crippen LogP contribution in [-0.2, 0) is 13.1 Å². The van der Waals surface area contributed by atoms with Gasteiger partial charge in [0.05, 0.1) is 6.54 Å². The van der Waals surface area contributed by atoms with Crippen LogP contribution in [0, 0.1) is 0 Å². The SMILES string of the molecule is C=CCn1cc[n+](CCCCCCCC)c1.[Cl-]. The molecule has 0 unspecified atom stereocenters. The average molecular weight is 257 g/mol. The highest BCUT2D eigenvalue weighted by molar-refractivity contribution is 4.73. The molecule has 0 radical (unpaired) electrons. The van der Waals surface area contributed by atoms with E-state index >= 15 is 0 Å². The van der Waals surface area contributed by atoms with E-state index in [0.29, 0.717) is 0 Å². The van der Waals surface area contributed by atoms with E-state index in [1.807, 2.05) is 6.08 Å². The van der Waals surface area contributed by atoms with Crippen LogP contribution in [0.25, 0.3) is 0 Å². The summed E-state index contributed by atoms with van der Waals surface area (Å²) in [4.78, 5) is 0. The fourth-order valence-electron chi connectivity index (χ4n) is 1.90. The van der Waals surface area contributed by atoms with Crippen molar-refractivity contribution >= 4 is 0 Å². The van der Waals surface area contributed by atoms with E-state index in [1.165, 1.54) is 38.5 Å². The Kier molecular flexibility index (Phi) is 9.93. The number of halogens is 1. The molecule has 1 heterocycles. The first kappa shape index (κ1) is 16.2. The van der Waals surface area contributed by atoms with Crippen molar-refractivity contribution in [1.29, 1.82) is 0 Å². The van der Waals surface area contributed by atoms with Gasteiger partial charge in [0.2, 0.25) is 6.33 Å². The Balaban J connectivity index is 0.00000256. The Morgan fingerprint density at radius 2 is 1.88 bits per heavy atom. The van der Waals surface area contributed by atoms with Crippen LogP contribution in [0.1, 0.15) is 45.4 Å². The average Bonchev–Trinajstić information content (AvgIpc) is 2.72. The first-order valence-electron chi connectivity index (χ1n) is 6.52. The molecule has 0 saturated heterocycles. The van der Waals surface area contributed by atoms with E-state index in [-0.39, 0.29) is 12.4 Å². The predicted molar refractivity (Wildman–Crippen MR) is 68.2 cm³/mol. The number of imidazole rings is 1. The molecule has 0 aliphatic carbocycles. The number of nitrogens with zero attached hydrogens (tertiary/aromatic N) is 2. The third-order valence-corrected chi connectivity index (χ3v) is 2.86. The van der Waals surface area contributed by atoms with Crippen molar-refractivity contribution in [2.24, 2.45) is 0 Å². The highest BCUT2D eigenvalue weighted by Gasteiger charge is 2.01. The summed E-state index contributed by atoms with van der Waals surface area (Å²) in [6, 6.07) is 0. The molecule has 0 aromatic carbocycles. The van der Waals surface area contributed by atoms with Crippen LogP contribution in [0.2, 0.25) is 0 Å². The first-order chi connectivity index (χ1) is 7.86. The van der Waals surface area contributed by atoms with Crippen molar-refractivity contribution in [3.05, 3.63) is 31.4 Å². The Morgan fingerprint density at radius 3 is 2.59 bits per heavy atom. The summed E-state index contributed by atoms with van der Waals surface area (Å²) in [5.41, 5.74) is 0. The highest BCUT2D eigenvalue weighted by atomic mass is 35.5. The molecule has 1 aromatic heterocycles. The normalized spacial score (nSPS) is 9.94. The van der Waals surface area contributed by atoms with Gasteiger partial charge in [-0.25, -0.2) is 9.13 Å². The van der Waals surface area contributed by atoms with Crippen LogP contribution in [-0.4, -0.2) is 4.57 Å². The predicted octanol–water partition coefficient (Wildman–Crippen LogP) is 0.326. The van der Waals surface area contributed by atoms with E-state index < -0.39 is 0 Å². The van der Waals surface area contributed by atoms with E-state index in [0.717, 1.165) is 13.1 Å². The quantitative estimate of drug-likeness (QED) is 0.342. The first-order valence-corrected chi connectivity index (χ1v) is 6.52. The second-order valence-electron chi connectivity index (χ2n) is 4.40. The van der Waals surface area contributed by atoms with E-state index in [1.54, 1.807) is 0 Å². The molecule has 0 amide bonds. The van der Waals surface area contributed by atoms with Gasteiger partial charge in [-0.1, -0.05) is 45.3 Å². The second kappa shape index (κ2) is 10.4. The van der Waals surface area contributed by atoms with Crippen LogP contribution in [0.3, 0.4) is 0 Å². The van der Waals surface area contributed by atoms with Gasteiger partial charge < -0.3 is 12.4 Å². The lowest BCUT2D eigenvalue weighted by molar-refractivity contribution is -0.696. The molecule has 0 fully saturated rings. The molecular weight excluding hydrogens is 232 g/mol. The molecule has 0 bridgehead atoms. The van der Waals surface area contributed by atoms with Crippen LogP contribution < -0.4 is 17.0 Å². The molecule has 1 aromatic rings. The smallest absolute Gasteiger partial charge is 0.244 e. The Bertz CT molecular complexity index is 294. The summed E-state index contributed by atoms with van der Waals surface area (Å²) in [5, 5.41) is 0. The van der Waals surface area contributed by atoms with Crippen LogP contribution in [0.15, 0.2) is 31.4 Å². The molecular formula is C14H25ClN2. The van der Waals surface area contributed by atoms with Gasteiger partial charge in [-0.2, -0.15) is 0 Å². The van der Waals surface area contributed by atoms with Gasteiger partial charge in [0.1, 0.15) is 18.9 Å². The molecule has 0 atom stereocenters. The molecule has 2 nitrogen and oxygen atoms in total. The lowest BCUT2D eigenvalue weighted by Crippen LogP contribution is -3.00. The van der Waals surface area contributed by atoms with Crippen molar-refractivity contribution in [1.82, 2.24) is 4.57 Å². The van der Waals surface area contributed by atoms with Gasteiger partial charge >= 0.3 is 0 Å². The van der Waals surface area contributed by atoms with Gasteiger partial charge in [0.15, 0.2) is 0 Å². The minimum atomic E-state index is 0. The highest BCUT2D eigenvalue weighted by Crippen LogP contribution is 2.04. The summed E-state index contributed by atoms with van der Waals surface area (Å²) < 4.78 is 4.42. The fraction of sp³-hybridized carbons (Fsp3) is 0.643. The van der Waals surface area contributed by atoms with Gasteiger partial charge in [-0.05, 0) is 12.8 Å². The minimum absolute atomic E-state index is 0. The van der Waals surface area contributed by atoms with E-state index in [9.17, 15) is 0 Å². The second-order valence-corrected chi connectivity index (χ2v) is 4.40. The maximum Gasteiger partial charge on any atom is 0.244 e. The molecule has 98 valence electrons. The Labute approximate surface area is 112 Å². The maximum absolute atomic E-state index is 3.74. The third-order valence-electron chi connectivity index (χ3n) is 2.86. The maximum atomic E-state index is 3.74. The number of hydrogen-bond donors (Lipinski definition) is 0. The molecule has 0 spiro atoms. The van der Waals surface area contributed by atoms with E-state index in [2.05, 4.69) is 41.4 Å². The number of aromatic nitrogens is 2. The summed E-state index contributed by atoms with van der Waals surface area (Å²) in [7, 11) is 0. The third kappa shape index (κ3) is 7.22. The van der Waals surface area contributed by atoms with Crippen molar-refractivity contribution in [3.63, 3.8) is 0 Å². The van der Waals surface area contributed by atoms with Crippen LogP contribution in [0.4, 0.5) is 0 Å². The van der Waals surface area contributed by atoms with Gasteiger partial charge in [-0.3, -0.25) is 0 Å². The molecule has 3 heteroatoms. The van der Waals surface area contributed by atoms with E-state index in [4.69, 9.17) is 0 Å². The number of unbranched alkanes of at least 4 members (excludes halogenated alkanes) is 5. The number of hydrogen-bond acceptors (Lipinski definition) is 0. The number of aryl methyl sites for hydroxylation is 1. The zero-order chi connectivity index (χ0) is 11.6. The van der Waals surface area contributed by atoms with Gasteiger partial charge in [-0.15, -0.1) is 0 Å². The molecule has 1 rings (SSSR count). The van der Waals surface area contributed by atoms with Gasteiger partial charge in [0.25, 0.3) is 0 Å². The van der Waals surface area contributed by atoms with Crippen molar-refractivity contribution in [2.75, 3.05) is 0 Å². The van der Waals surface area contributed by atoms with Crippen LogP contribution in [0.5, 0.6) is 0 Å². The molecule has 0 N–H and O–H groups in total. The van der Waals surface area contributed by atoms with Gasteiger partial charge in [0, 0.05) is 0 Å². The molecule has 0 aliphatic heterocycles. The Morgan fingerprint density at radius 1 is 1.18 bits per heavy atom. The van der Waals surface area contributed by atoms with Crippen molar-refractivity contribution in [3.8, 4) is 0 Å². The lowest BCUT2D eigenvalue weighted by atomic mass is 10.1. The largest absolute Gasteiger partial charge is 1.00 e. The molecule has 17 heavy (non-hydrogen) atoms. The summed E-state index contributed by atoms with van der Waals surface area (Å²) in [6.07, 6.45) is 16.5. The van der Waals surface area contributed by atoms with Crippen molar-refractivity contribution < 1.29 is 17.0 Å². The standard InChI is InChI=1S/C14H25N2.ClH/c1-3-5-6-7-8-9-11-16-13-12-15(14-16)10-4-2;/h4,12-14H,2-3,5-11H2,1H3;1H/q+1;/p-1. The lowest BCUT2D eigenvalue weighted by Gasteiger charge is -1.98. The number of rotatable bonds is 9. The topological polar surface area (TPSA) is 8.81 Å². The zero-order valence-corrected chi connectivity index (χ0v) is 11.7. The minimum Gasteiger partial charge on any atom is -1.00 e. The summed E-state index contributed by atoms with van der Waals surface area (Å²) >= 11 is 0. The number of allylic oxidation sites excluding steroid dienone is 1. The zero-order valence-electron chi connectivity index (χ0n) is 10.9. The monoisotopic (exact) mass is 256 g/mol. The Hall–Kier alpha value is -0.760. The fourth-order valence-corrected chi connectivity index (χ4v) is 1.90. The molecule has 0 aliphatic rings. The summed E-state index contributed by atoms with van der Waals surface area (Å²) in [6.45, 7) is 8.06. The van der Waals surface area contributed by atoms with Crippen molar-refractivity contribution in [2.45, 2.75) is 58.5 Å². The summed E-state index contributed by atoms with van der Waals surface area (Å²) in [5.74, 6) is 0. The van der Waals surface area contributed by atoms with Crippen LogP contribution >= 0.6 is 0 Å². The molecule has 0 saturated carbocycles.